The van der Waals surface area contributed by atoms with Crippen molar-refractivity contribution in [1.29, 1.82) is 0 Å². The molecular formula is C23H29N7O5. The zero-order valence-corrected chi connectivity index (χ0v) is 19.5. The molecule has 0 aliphatic carbocycles. The number of rotatable bonds is 8. The van der Waals surface area contributed by atoms with Crippen molar-refractivity contribution in [1.82, 2.24) is 30.2 Å². The van der Waals surface area contributed by atoms with Crippen molar-refractivity contribution in [3.8, 4) is 0 Å². The Hall–Kier alpha value is -3.32. The van der Waals surface area contributed by atoms with E-state index in [1.54, 1.807) is 10.9 Å². The van der Waals surface area contributed by atoms with Crippen molar-refractivity contribution >= 4 is 23.1 Å². The number of anilines is 1. The Balaban J connectivity index is 1.27. The van der Waals surface area contributed by atoms with Crippen LogP contribution in [0.1, 0.15) is 38.1 Å². The normalized spacial score (nSPS) is 26.0. The fourth-order valence-electron chi connectivity index (χ4n) is 4.75. The number of aromatic nitrogens is 4. The summed E-state index contributed by atoms with van der Waals surface area (Å²) >= 11 is 0. The predicted octanol–water partition coefficient (Wildman–Crippen LogP) is 1.81. The second-order valence-electron chi connectivity index (χ2n) is 9.12. The van der Waals surface area contributed by atoms with Crippen molar-refractivity contribution < 1.29 is 24.1 Å². The average molecular weight is 484 g/mol. The van der Waals surface area contributed by atoms with Gasteiger partial charge in [0.25, 0.3) is 0 Å². The first-order chi connectivity index (χ1) is 16.8. The van der Waals surface area contributed by atoms with Gasteiger partial charge in [0.05, 0.1) is 12.4 Å². The number of ether oxygens (including phenoxy) is 3. The van der Waals surface area contributed by atoms with E-state index in [1.807, 2.05) is 44.2 Å². The largest absolute Gasteiger partial charge is 0.465 e. The lowest BCUT2D eigenvalue weighted by Gasteiger charge is -2.25. The molecule has 1 unspecified atom stereocenters. The van der Waals surface area contributed by atoms with Gasteiger partial charge in [0.2, 0.25) is 0 Å². The van der Waals surface area contributed by atoms with E-state index in [0.717, 1.165) is 5.56 Å². The Bertz CT molecular complexity index is 1190. The lowest BCUT2D eigenvalue weighted by molar-refractivity contribution is -0.195. The number of nitrogen functional groups attached to an aromatic ring is 1. The number of hydrogen-bond donors (Lipinski definition) is 4. The molecule has 5 atom stereocenters. The molecule has 12 nitrogen and oxygen atoms in total. The van der Waals surface area contributed by atoms with Gasteiger partial charge < -0.3 is 35.7 Å². The number of carbonyl (C=O) groups is 1. The van der Waals surface area contributed by atoms with Gasteiger partial charge in [-0.15, -0.1) is 0 Å². The summed E-state index contributed by atoms with van der Waals surface area (Å²) in [7, 11) is 0. The summed E-state index contributed by atoms with van der Waals surface area (Å²) in [6, 6.07) is 9.19. The SMILES string of the molecule is CC1(C)O[C@@H]2[C@H](O1)[C@@H](CNCCC(NC(=O)O)c1ccccc1)O[C@H]2n1cnc2c(N)ncnc21. The summed E-state index contributed by atoms with van der Waals surface area (Å²) in [6.07, 6.45) is 1.07. The van der Waals surface area contributed by atoms with Crippen LogP contribution >= 0.6 is 0 Å². The molecule has 1 aromatic carbocycles. The van der Waals surface area contributed by atoms with Crippen LogP contribution < -0.4 is 16.4 Å². The van der Waals surface area contributed by atoms with Crippen LogP contribution in [0.25, 0.3) is 11.2 Å². The average Bonchev–Trinajstić information content (AvgIpc) is 3.48. The highest BCUT2D eigenvalue weighted by atomic mass is 16.8. The first-order valence-corrected chi connectivity index (χ1v) is 11.5. The van der Waals surface area contributed by atoms with Gasteiger partial charge in [-0.2, -0.15) is 0 Å². The number of hydrogen-bond acceptors (Lipinski definition) is 9. The summed E-state index contributed by atoms with van der Waals surface area (Å²) in [6.45, 7) is 4.82. The van der Waals surface area contributed by atoms with Crippen LogP contribution in [0.2, 0.25) is 0 Å². The smallest absolute Gasteiger partial charge is 0.405 e. The Kier molecular flexibility index (Phi) is 6.28. The van der Waals surface area contributed by atoms with Crippen LogP contribution in [0.4, 0.5) is 10.6 Å². The van der Waals surface area contributed by atoms with E-state index in [9.17, 15) is 9.90 Å². The van der Waals surface area contributed by atoms with Crippen LogP contribution in [0.3, 0.4) is 0 Å². The van der Waals surface area contributed by atoms with Crippen molar-refractivity contribution in [2.24, 2.45) is 0 Å². The highest BCUT2D eigenvalue weighted by Gasteiger charge is 2.56. The second-order valence-corrected chi connectivity index (χ2v) is 9.12. The van der Waals surface area contributed by atoms with Crippen LogP contribution in [0.15, 0.2) is 43.0 Å². The van der Waals surface area contributed by atoms with Gasteiger partial charge in [-0.25, -0.2) is 19.7 Å². The molecule has 0 spiro atoms. The summed E-state index contributed by atoms with van der Waals surface area (Å²) < 4.78 is 20.5. The summed E-state index contributed by atoms with van der Waals surface area (Å²) in [5.41, 5.74) is 7.93. The Morgan fingerprint density at radius 2 is 1.97 bits per heavy atom. The van der Waals surface area contributed by atoms with E-state index in [1.165, 1.54) is 6.33 Å². The number of fused-ring (bicyclic) bond motifs is 2. The van der Waals surface area contributed by atoms with Crippen molar-refractivity contribution in [3.63, 3.8) is 0 Å². The van der Waals surface area contributed by atoms with Gasteiger partial charge >= 0.3 is 6.09 Å². The fourth-order valence-corrected chi connectivity index (χ4v) is 4.75. The lowest BCUT2D eigenvalue weighted by atomic mass is 10.0. The molecule has 0 radical (unpaired) electrons. The van der Waals surface area contributed by atoms with Gasteiger partial charge in [-0.3, -0.25) is 4.57 Å². The van der Waals surface area contributed by atoms with Crippen molar-refractivity contribution in [2.75, 3.05) is 18.8 Å². The molecule has 3 aromatic rings. The third kappa shape index (κ3) is 4.78. The van der Waals surface area contributed by atoms with E-state index in [4.69, 9.17) is 19.9 Å². The summed E-state index contributed by atoms with van der Waals surface area (Å²) in [5.74, 6) is -0.461. The molecule has 2 saturated heterocycles. The second kappa shape index (κ2) is 9.38. The molecule has 186 valence electrons. The fraction of sp³-hybridized carbons (Fsp3) is 0.478. The van der Waals surface area contributed by atoms with Gasteiger partial charge in [-0.1, -0.05) is 30.3 Å². The molecule has 12 heteroatoms. The third-order valence-corrected chi connectivity index (χ3v) is 6.24. The Labute approximate surface area is 201 Å². The molecule has 35 heavy (non-hydrogen) atoms. The van der Waals surface area contributed by atoms with Crippen LogP contribution in [-0.2, 0) is 14.2 Å². The van der Waals surface area contributed by atoms with Crippen LogP contribution in [0, 0.1) is 0 Å². The van der Waals surface area contributed by atoms with Crippen LogP contribution in [-0.4, -0.2) is 67.9 Å². The third-order valence-electron chi connectivity index (χ3n) is 6.24. The molecular weight excluding hydrogens is 454 g/mol. The van der Waals surface area contributed by atoms with Gasteiger partial charge in [0, 0.05) is 6.54 Å². The highest BCUT2D eigenvalue weighted by molar-refractivity contribution is 5.81. The van der Waals surface area contributed by atoms with E-state index in [2.05, 4.69) is 25.6 Å². The molecule has 2 aliphatic rings. The zero-order valence-electron chi connectivity index (χ0n) is 19.5. The molecule has 2 aromatic heterocycles. The molecule has 5 rings (SSSR count). The Morgan fingerprint density at radius 3 is 2.74 bits per heavy atom. The number of amides is 1. The van der Waals surface area contributed by atoms with Gasteiger partial charge in [0.1, 0.15) is 30.2 Å². The summed E-state index contributed by atoms with van der Waals surface area (Å²) in [5, 5.41) is 15.2. The molecule has 0 saturated carbocycles. The number of imidazole rings is 1. The molecule has 5 N–H and O–H groups in total. The standard InChI is InChI=1S/C23H29N7O5/c1-23(2)34-17-15(10-25-9-8-14(29-22(31)32)13-6-4-3-5-7-13)33-21(18(17)35-23)30-12-28-16-19(24)26-11-27-20(16)30/h3-7,11-12,14-15,17-18,21,25,29H,8-10H2,1-2H3,(H,31,32)(H2,24,26,27)/t14?,15-,17-,18-,21-/m1/s1. The maximum Gasteiger partial charge on any atom is 0.405 e. The molecule has 1 amide bonds. The van der Waals surface area contributed by atoms with Crippen molar-refractivity contribution in [3.05, 3.63) is 48.5 Å². The maximum atomic E-state index is 11.3. The predicted molar refractivity (Wildman–Crippen MR) is 125 cm³/mol. The minimum Gasteiger partial charge on any atom is -0.465 e. The quantitative estimate of drug-likeness (QED) is 0.348. The number of nitrogens with one attached hydrogen (secondary N) is 2. The van der Waals surface area contributed by atoms with Crippen LogP contribution in [0.5, 0.6) is 0 Å². The van der Waals surface area contributed by atoms with E-state index >= 15 is 0 Å². The minimum absolute atomic E-state index is 0.299. The topological polar surface area (TPSA) is 159 Å². The first kappa shape index (κ1) is 23.4. The number of nitrogens with zero attached hydrogens (tertiary/aromatic N) is 4. The Morgan fingerprint density at radius 1 is 1.20 bits per heavy atom. The monoisotopic (exact) mass is 483 g/mol. The van der Waals surface area contributed by atoms with E-state index < -0.39 is 18.1 Å². The molecule has 2 aliphatic heterocycles. The molecule has 4 heterocycles. The maximum absolute atomic E-state index is 11.3. The number of carboxylic acid groups (broad SMARTS) is 1. The molecule has 0 bridgehead atoms. The number of benzene rings is 1. The van der Waals surface area contributed by atoms with Gasteiger partial charge in [0.15, 0.2) is 23.5 Å². The highest BCUT2D eigenvalue weighted by Crippen LogP contribution is 2.43. The van der Waals surface area contributed by atoms with Gasteiger partial charge in [-0.05, 0) is 32.4 Å². The minimum atomic E-state index is -1.06. The van der Waals surface area contributed by atoms with E-state index in [0.29, 0.717) is 36.5 Å². The first-order valence-electron chi connectivity index (χ1n) is 11.5. The summed E-state index contributed by atoms with van der Waals surface area (Å²) in [4.78, 5) is 23.9. The van der Waals surface area contributed by atoms with E-state index in [-0.39, 0.29) is 24.4 Å². The zero-order chi connectivity index (χ0) is 24.6. The number of nitrogens with two attached hydrogens (primary N) is 1. The van der Waals surface area contributed by atoms with Crippen molar-refractivity contribution in [2.45, 2.75) is 56.6 Å². The molecule has 2 fully saturated rings. The lowest BCUT2D eigenvalue weighted by Crippen LogP contribution is -2.38.